The standard InChI is InChI=1S/C11H13N5O2/c12-9-8-10(15-11(18)14-9)16(5-13-8)7-2-1-6(3-7)4-17/h1-2,5-7,17H,3-4H2,(H3,12,14,15,18). The number of hydrogen-bond donors (Lipinski definition) is 3. The van der Waals surface area contributed by atoms with Gasteiger partial charge in [-0.05, 0) is 6.42 Å². The van der Waals surface area contributed by atoms with E-state index in [0.717, 1.165) is 6.42 Å². The number of H-pyrrole nitrogens is 1. The molecule has 4 N–H and O–H groups in total. The number of aliphatic hydroxyl groups excluding tert-OH is 1. The topological polar surface area (TPSA) is 110 Å². The van der Waals surface area contributed by atoms with Gasteiger partial charge in [-0.2, -0.15) is 4.98 Å². The SMILES string of the molecule is Nc1[nH]c(=O)nc2c1ncn2C1C=CC(CO)C1. The van der Waals surface area contributed by atoms with Crippen LogP contribution in [-0.2, 0) is 0 Å². The van der Waals surface area contributed by atoms with Gasteiger partial charge in [0.1, 0.15) is 11.3 Å². The second-order valence-corrected chi connectivity index (χ2v) is 4.41. The molecule has 0 radical (unpaired) electrons. The maximum absolute atomic E-state index is 11.3. The van der Waals surface area contributed by atoms with E-state index in [1.54, 1.807) is 6.33 Å². The summed E-state index contributed by atoms with van der Waals surface area (Å²) >= 11 is 0. The maximum atomic E-state index is 11.3. The van der Waals surface area contributed by atoms with Crippen LogP contribution < -0.4 is 11.4 Å². The summed E-state index contributed by atoms with van der Waals surface area (Å²) in [5.74, 6) is 0.372. The van der Waals surface area contributed by atoms with Crippen molar-refractivity contribution in [3.05, 3.63) is 29.0 Å². The van der Waals surface area contributed by atoms with E-state index in [1.165, 1.54) is 0 Å². The zero-order valence-electron chi connectivity index (χ0n) is 9.58. The lowest BCUT2D eigenvalue weighted by Crippen LogP contribution is -2.15. The first-order valence-corrected chi connectivity index (χ1v) is 5.70. The van der Waals surface area contributed by atoms with Crippen molar-refractivity contribution in [1.29, 1.82) is 0 Å². The van der Waals surface area contributed by atoms with Crippen molar-refractivity contribution in [3.63, 3.8) is 0 Å². The number of fused-ring (bicyclic) bond motifs is 1. The van der Waals surface area contributed by atoms with Crippen molar-refractivity contribution in [3.8, 4) is 0 Å². The molecule has 2 heterocycles. The zero-order valence-corrected chi connectivity index (χ0v) is 9.58. The summed E-state index contributed by atoms with van der Waals surface area (Å²) in [6, 6.07) is 0.0563. The molecule has 18 heavy (non-hydrogen) atoms. The maximum Gasteiger partial charge on any atom is 0.348 e. The van der Waals surface area contributed by atoms with Crippen LogP contribution in [0.3, 0.4) is 0 Å². The van der Waals surface area contributed by atoms with Gasteiger partial charge < -0.3 is 15.4 Å². The Balaban J connectivity index is 2.09. The highest BCUT2D eigenvalue weighted by atomic mass is 16.3. The number of nitrogens with two attached hydrogens (primary N) is 1. The highest BCUT2D eigenvalue weighted by Crippen LogP contribution is 2.29. The molecule has 7 nitrogen and oxygen atoms in total. The molecule has 0 saturated carbocycles. The van der Waals surface area contributed by atoms with Crippen LogP contribution in [0.4, 0.5) is 5.82 Å². The fraction of sp³-hybridized carbons (Fsp3) is 0.364. The van der Waals surface area contributed by atoms with Crippen molar-refractivity contribution in [2.45, 2.75) is 12.5 Å². The van der Waals surface area contributed by atoms with Crippen LogP contribution in [0.15, 0.2) is 23.3 Å². The Kier molecular flexibility index (Phi) is 2.41. The molecule has 1 aliphatic rings. The fourth-order valence-electron chi connectivity index (χ4n) is 2.29. The van der Waals surface area contributed by atoms with Crippen LogP contribution >= 0.6 is 0 Å². The summed E-state index contributed by atoms with van der Waals surface area (Å²) in [4.78, 5) is 21.8. The van der Waals surface area contributed by atoms with Gasteiger partial charge in [-0.1, -0.05) is 12.2 Å². The molecule has 0 amide bonds. The van der Waals surface area contributed by atoms with Crippen molar-refractivity contribution in [1.82, 2.24) is 19.5 Å². The third-order valence-corrected chi connectivity index (χ3v) is 3.21. The molecule has 2 aromatic heterocycles. The predicted octanol–water partition coefficient (Wildman–Crippen LogP) is -0.189. The first-order valence-electron chi connectivity index (χ1n) is 5.70. The second-order valence-electron chi connectivity index (χ2n) is 4.41. The lowest BCUT2D eigenvalue weighted by molar-refractivity contribution is 0.244. The highest BCUT2D eigenvalue weighted by Gasteiger charge is 2.22. The van der Waals surface area contributed by atoms with E-state index in [4.69, 9.17) is 10.8 Å². The van der Waals surface area contributed by atoms with Gasteiger partial charge in [-0.15, -0.1) is 0 Å². The predicted molar refractivity (Wildman–Crippen MR) is 65.9 cm³/mol. The Labute approximate surface area is 102 Å². The van der Waals surface area contributed by atoms with Gasteiger partial charge in [0.05, 0.1) is 12.4 Å². The molecule has 0 saturated heterocycles. The minimum atomic E-state index is -0.484. The molecule has 0 spiro atoms. The van der Waals surface area contributed by atoms with Crippen molar-refractivity contribution in [2.24, 2.45) is 5.92 Å². The Bertz CT molecular complexity index is 672. The Morgan fingerprint density at radius 3 is 3.11 bits per heavy atom. The molecule has 2 atom stereocenters. The van der Waals surface area contributed by atoms with Crippen molar-refractivity contribution in [2.75, 3.05) is 12.3 Å². The monoisotopic (exact) mass is 247 g/mol. The average Bonchev–Trinajstić information content (AvgIpc) is 2.93. The third kappa shape index (κ3) is 1.60. The number of hydrogen-bond acceptors (Lipinski definition) is 5. The summed E-state index contributed by atoms with van der Waals surface area (Å²) in [7, 11) is 0. The van der Waals surface area contributed by atoms with Crippen LogP contribution in [0.2, 0.25) is 0 Å². The number of anilines is 1. The molecule has 94 valence electrons. The van der Waals surface area contributed by atoms with Gasteiger partial charge in [0, 0.05) is 12.5 Å². The summed E-state index contributed by atoms with van der Waals surface area (Å²) in [6.45, 7) is 0.121. The van der Waals surface area contributed by atoms with E-state index in [0.29, 0.717) is 11.2 Å². The fourth-order valence-corrected chi connectivity index (χ4v) is 2.29. The van der Waals surface area contributed by atoms with Gasteiger partial charge >= 0.3 is 5.69 Å². The summed E-state index contributed by atoms with van der Waals surface area (Å²) in [5.41, 5.74) is 6.18. The average molecular weight is 247 g/mol. The number of imidazole rings is 1. The number of rotatable bonds is 2. The summed E-state index contributed by atoms with van der Waals surface area (Å²) < 4.78 is 1.81. The number of aromatic nitrogens is 4. The van der Waals surface area contributed by atoms with Crippen LogP contribution in [0, 0.1) is 5.92 Å². The lowest BCUT2D eigenvalue weighted by atomic mass is 10.1. The Morgan fingerprint density at radius 2 is 2.39 bits per heavy atom. The van der Waals surface area contributed by atoms with E-state index in [-0.39, 0.29) is 24.4 Å². The quantitative estimate of drug-likeness (QED) is 0.637. The molecule has 0 fully saturated rings. The van der Waals surface area contributed by atoms with Gasteiger partial charge in [0.15, 0.2) is 5.65 Å². The molecule has 2 aromatic rings. The lowest BCUT2D eigenvalue weighted by Gasteiger charge is -2.12. The van der Waals surface area contributed by atoms with Crippen molar-refractivity contribution >= 4 is 17.0 Å². The van der Waals surface area contributed by atoms with E-state index in [9.17, 15) is 4.79 Å². The van der Waals surface area contributed by atoms with E-state index in [2.05, 4.69) is 15.0 Å². The Hall–Kier alpha value is -2.15. The van der Waals surface area contributed by atoms with E-state index >= 15 is 0 Å². The van der Waals surface area contributed by atoms with Gasteiger partial charge in [-0.25, -0.2) is 9.78 Å². The molecular weight excluding hydrogens is 234 g/mol. The first-order chi connectivity index (χ1) is 8.69. The molecule has 0 aliphatic heterocycles. The first kappa shape index (κ1) is 11.0. The van der Waals surface area contributed by atoms with E-state index < -0.39 is 5.69 Å². The number of allylic oxidation sites excluding steroid dienone is 1. The summed E-state index contributed by atoms with van der Waals surface area (Å²) in [6.07, 6.45) is 6.35. The number of nitrogen functional groups attached to an aromatic ring is 1. The van der Waals surface area contributed by atoms with Gasteiger partial charge in [-0.3, -0.25) is 4.98 Å². The number of aromatic amines is 1. The molecule has 3 rings (SSSR count). The number of aliphatic hydroxyl groups is 1. The normalized spacial score (nSPS) is 22.9. The van der Waals surface area contributed by atoms with Crippen molar-refractivity contribution < 1.29 is 5.11 Å². The smallest absolute Gasteiger partial charge is 0.348 e. The van der Waals surface area contributed by atoms with Crippen LogP contribution in [0.25, 0.3) is 11.2 Å². The molecule has 0 bridgehead atoms. The molecule has 7 heteroatoms. The third-order valence-electron chi connectivity index (χ3n) is 3.21. The largest absolute Gasteiger partial charge is 0.396 e. The minimum Gasteiger partial charge on any atom is -0.396 e. The van der Waals surface area contributed by atoms with Gasteiger partial charge in [0.2, 0.25) is 0 Å². The molecule has 0 aromatic carbocycles. The summed E-state index contributed by atoms with van der Waals surface area (Å²) in [5, 5.41) is 9.12. The number of nitrogens with one attached hydrogen (secondary N) is 1. The highest BCUT2D eigenvalue weighted by molar-refractivity contribution is 5.81. The molecular formula is C11H13N5O2. The number of nitrogens with zero attached hydrogens (tertiary/aromatic N) is 3. The zero-order chi connectivity index (χ0) is 12.7. The molecule has 1 aliphatic carbocycles. The van der Waals surface area contributed by atoms with Crippen LogP contribution in [0.5, 0.6) is 0 Å². The van der Waals surface area contributed by atoms with Gasteiger partial charge in [0.25, 0.3) is 0 Å². The molecule has 2 unspecified atom stereocenters. The Morgan fingerprint density at radius 1 is 1.56 bits per heavy atom. The minimum absolute atomic E-state index is 0.0563. The second kappa shape index (κ2) is 3.95. The van der Waals surface area contributed by atoms with E-state index in [1.807, 2.05) is 16.7 Å². The van der Waals surface area contributed by atoms with Crippen LogP contribution in [-0.4, -0.2) is 31.2 Å². The van der Waals surface area contributed by atoms with Crippen LogP contribution in [0.1, 0.15) is 12.5 Å².